The second-order valence-corrected chi connectivity index (χ2v) is 12.6. The van der Waals surface area contributed by atoms with Crippen molar-refractivity contribution in [2.75, 3.05) is 0 Å². The van der Waals surface area contributed by atoms with E-state index in [1.165, 1.54) is 21.0 Å². The highest BCUT2D eigenvalue weighted by Crippen LogP contribution is 2.43. The topological polar surface area (TPSA) is 38.7 Å². The van der Waals surface area contributed by atoms with Gasteiger partial charge in [-0.05, 0) is 51.2 Å². The van der Waals surface area contributed by atoms with Crippen LogP contribution in [0.4, 0.5) is 0 Å². The number of benzene rings is 7. The zero-order valence-corrected chi connectivity index (χ0v) is 26.2. The van der Waals surface area contributed by atoms with Crippen molar-refractivity contribution >= 4 is 43.2 Å². The highest BCUT2D eigenvalue weighted by molar-refractivity contribution is 7.21. The molecule has 0 radical (unpaired) electrons. The van der Waals surface area contributed by atoms with Gasteiger partial charge in [-0.3, -0.25) is 0 Å². The minimum Gasteiger partial charge on any atom is -0.236 e. The van der Waals surface area contributed by atoms with Gasteiger partial charge in [0.25, 0.3) is 0 Å². The van der Waals surface area contributed by atoms with Crippen LogP contribution in [0.25, 0.3) is 87.4 Å². The van der Waals surface area contributed by atoms with Crippen LogP contribution < -0.4 is 0 Å². The first-order valence-corrected chi connectivity index (χ1v) is 16.5. The predicted octanol–water partition coefficient (Wildman–Crippen LogP) is 11.7. The zero-order chi connectivity index (χ0) is 31.2. The fourth-order valence-corrected chi connectivity index (χ4v) is 7.53. The Labute approximate surface area is 276 Å². The minimum absolute atomic E-state index is 0.711. The Balaban J connectivity index is 1.27. The first kappa shape index (κ1) is 27.3. The molecule has 9 rings (SSSR count). The summed E-state index contributed by atoms with van der Waals surface area (Å²) in [7, 11) is 0. The van der Waals surface area contributed by atoms with E-state index in [0.717, 1.165) is 60.5 Å². The molecule has 0 saturated heterocycles. The molecule has 0 amide bonds. The molecule has 0 saturated carbocycles. The van der Waals surface area contributed by atoms with Crippen molar-refractivity contribution < 1.29 is 0 Å². The van der Waals surface area contributed by atoms with Crippen molar-refractivity contribution in [1.82, 2.24) is 15.0 Å². The van der Waals surface area contributed by atoms with Crippen LogP contribution in [-0.2, 0) is 0 Å². The van der Waals surface area contributed by atoms with Crippen LogP contribution in [0.15, 0.2) is 164 Å². The molecule has 7 aromatic carbocycles. The molecule has 0 atom stereocenters. The van der Waals surface area contributed by atoms with Crippen LogP contribution in [0.3, 0.4) is 0 Å². The molecule has 47 heavy (non-hydrogen) atoms. The van der Waals surface area contributed by atoms with Gasteiger partial charge in [0.05, 0.1) is 21.4 Å². The van der Waals surface area contributed by atoms with E-state index in [4.69, 9.17) is 15.0 Å². The Morgan fingerprint density at radius 3 is 1.91 bits per heavy atom. The minimum atomic E-state index is 0.711. The normalized spacial score (nSPS) is 11.4. The number of rotatable bonds is 5. The zero-order valence-electron chi connectivity index (χ0n) is 25.3. The standard InChI is InChI=1S/C43H27N3S/c1-3-14-29(15-4-1)41-36-21-11-12-22-37(36)44-42(46-41)35-20-10-9-19-33(35)34-25-23-28-13-7-8-18-32(28)40(34)31-24-26-38-39(27-31)47-43(45-38)30-16-5-2-6-17-30/h1-27H. The largest absolute Gasteiger partial charge is 0.236 e. The molecule has 0 aliphatic carbocycles. The summed E-state index contributed by atoms with van der Waals surface area (Å²) >= 11 is 1.74. The Morgan fingerprint density at radius 1 is 0.404 bits per heavy atom. The second kappa shape index (κ2) is 11.4. The number of thiazole rings is 1. The molecule has 220 valence electrons. The average Bonchev–Trinajstić information content (AvgIpc) is 3.58. The maximum Gasteiger partial charge on any atom is 0.161 e. The summed E-state index contributed by atoms with van der Waals surface area (Å²) in [6.07, 6.45) is 0. The Kier molecular flexibility index (Phi) is 6.65. The van der Waals surface area contributed by atoms with Gasteiger partial charge in [0.2, 0.25) is 0 Å². The lowest BCUT2D eigenvalue weighted by atomic mass is 9.87. The molecule has 4 heteroatoms. The van der Waals surface area contributed by atoms with Gasteiger partial charge in [-0.25, -0.2) is 15.0 Å². The van der Waals surface area contributed by atoms with Crippen LogP contribution in [0.1, 0.15) is 0 Å². The van der Waals surface area contributed by atoms with Gasteiger partial charge >= 0.3 is 0 Å². The van der Waals surface area contributed by atoms with Gasteiger partial charge < -0.3 is 0 Å². The third-order valence-corrected chi connectivity index (χ3v) is 9.80. The number of fused-ring (bicyclic) bond motifs is 3. The Bertz CT molecular complexity index is 2570. The molecule has 0 spiro atoms. The lowest BCUT2D eigenvalue weighted by Crippen LogP contribution is -1.97. The van der Waals surface area contributed by atoms with E-state index in [0.29, 0.717) is 5.82 Å². The van der Waals surface area contributed by atoms with Gasteiger partial charge in [0.1, 0.15) is 5.01 Å². The monoisotopic (exact) mass is 617 g/mol. The van der Waals surface area contributed by atoms with Gasteiger partial charge in [-0.1, -0.05) is 146 Å². The Morgan fingerprint density at radius 2 is 1.09 bits per heavy atom. The maximum atomic E-state index is 5.25. The summed E-state index contributed by atoms with van der Waals surface area (Å²) in [5, 5.41) is 4.48. The van der Waals surface area contributed by atoms with E-state index in [1.807, 2.05) is 18.2 Å². The molecule has 0 bridgehead atoms. The first-order chi connectivity index (χ1) is 23.3. The SMILES string of the molecule is c1ccc(-c2nc3ccc(-c4c(-c5ccccc5-c5nc(-c6ccccc6)c6ccccc6n5)ccc5ccccc45)cc3s2)cc1. The van der Waals surface area contributed by atoms with Crippen molar-refractivity contribution in [3.8, 4) is 55.5 Å². The third kappa shape index (κ3) is 4.87. The summed E-state index contributed by atoms with van der Waals surface area (Å²) in [5.41, 5.74) is 10.7. The molecular weight excluding hydrogens is 591 g/mol. The van der Waals surface area contributed by atoms with Gasteiger partial charge in [-0.2, -0.15) is 0 Å². The summed E-state index contributed by atoms with van der Waals surface area (Å²) in [6.45, 7) is 0. The van der Waals surface area contributed by atoms with Crippen LogP contribution >= 0.6 is 11.3 Å². The lowest BCUT2D eigenvalue weighted by molar-refractivity contribution is 1.23. The number of nitrogens with zero attached hydrogens (tertiary/aromatic N) is 3. The summed E-state index contributed by atoms with van der Waals surface area (Å²) in [5.74, 6) is 0.711. The Hall–Kier alpha value is -5.97. The van der Waals surface area contributed by atoms with E-state index < -0.39 is 0 Å². The molecule has 0 unspecified atom stereocenters. The maximum absolute atomic E-state index is 5.25. The molecule has 2 aromatic heterocycles. The first-order valence-electron chi connectivity index (χ1n) is 15.7. The number of hydrogen-bond acceptors (Lipinski definition) is 4. The fraction of sp³-hybridized carbons (Fsp3) is 0. The highest BCUT2D eigenvalue weighted by atomic mass is 32.1. The quantitative estimate of drug-likeness (QED) is 0.193. The van der Waals surface area contributed by atoms with Gasteiger partial charge in [0.15, 0.2) is 5.82 Å². The third-order valence-electron chi connectivity index (χ3n) is 8.74. The number of hydrogen-bond donors (Lipinski definition) is 0. The summed E-state index contributed by atoms with van der Waals surface area (Å²) < 4.78 is 1.17. The van der Waals surface area contributed by atoms with Crippen LogP contribution in [0.2, 0.25) is 0 Å². The van der Waals surface area contributed by atoms with E-state index in [1.54, 1.807) is 11.3 Å². The lowest BCUT2D eigenvalue weighted by Gasteiger charge is -2.17. The van der Waals surface area contributed by atoms with Crippen molar-refractivity contribution in [1.29, 1.82) is 0 Å². The molecule has 2 heterocycles. The van der Waals surface area contributed by atoms with Crippen molar-refractivity contribution in [3.63, 3.8) is 0 Å². The molecule has 0 aliphatic heterocycles. The van der Waals surface area contributed by atoms with Crippen LogP contribution in [0, 0.1) is 0 Å². The summed E-state index contributed by atoms with van der Waals surface area (Å²) in [6, 6.07) is 57.4. The van der Waals surface area contributed by atoms with Crippen LogP contribution in [0.5, 0.6) is 0 Å². The molecule has 9 aromatic rings. The molecular formula is C43H27N3S. The molecule has 0 fully saturated rings. The molecule has 3 nitrogen and oxygen atoms in total. The van der Waals surface area contributed by atoms with Crippen molar-refractivity contribution in [3.05, 3.63) is 164 Å². The number of para-hydroxylation sites is 1. The molecule has 0 N–H and O–H groups in total. The van der Waals surface area contributed by atoms with Crippen molar-refractivity contribution in [2.45, 2.75) is 0 Å². The second-order valence-electron chi connectivity index (χ2n) is 11.6. The highest BCUT2D eigenvalue weighted by Gasteiger charge is 2.19. The van der Waals surface area contributed by atoms with Crippen LogP contribution in [-0.4, -0.2) is 15.0 Å². The predicted molar refractivity (Wildman–Crippen MR) is 197 cm³/mol. The smallest absolute Gasteiger partial charge is 0.161 e. The van der Waals surface area contributed by atoms with E-state index >= 15 is 0 Å². The van der Waals surface area contributed by atoms with E-state index in [-0.39, 0.29) is 0 Å². The average molecular weight is 618 g/mol. The van der Waals surface area contributed by atoms with Gasteiger partial charge in [-0.15, -0.1) is 11.3 Å². The van der Waals surface area contributed by atoms with E-state index in [2.05, 4.69) is 146 Å². The van der Waals surface area contributed by atoms with E-state index in [9.17, 15) is 0 Å². The van der Waals surface area contributed by atoms with Crippen molar-refractivity contribution in [2.24, 2.45) is 0 Å². The fourth-order valence-electron chi connectivity index (χ4n) is 6.52. The van der Waals surface area contributed by atoms with Gasteiger partial charge in [0, 0.05) is 22.1 Å². The summed E-state index contributed by atoms with van der Waals surface area (Å²) in [4.78, 5) is 15.4. The molecule has 0 aliphatic rings. The number of aromatic nitrogens is 3.